The lowest BCUT2D eigenvalue weighted by Crippen LogP contribution is -2.25. The van der Waals surface area contributed by atoms with Gasteiger partial charge in [0, 0.05) is 25.5 Å². The lowest BCUT2D eigenvalue weighted by Gasteiger charge is -2.16. The number of hydrogen-bond donors (Lipinski definition) is 1. The van der Waals surface area contributed by atoms with Gasteiger partial charge in [-0.3, -0.25) is 4.68 Å². The molecule has 0 saturated carbocycles. The van der Waals surface area contributed by atoms with Gasteiger partial charge in [-0.2, -0.15) is 5.10 Å². The molecule has 1 aromatic heterocycles. The number of aromatic nitrogens is 2. The van der Waals surface area contributed by atoms with E-state index in [0.717, 1.165) is 38.0 Å². The second kappa shape index (κ2) is 4.77. The molecule has 1 N–H and O–H groups in total. The Labute approximate surface area is 89.9 Å². The number of nitrogens with zero attached hydrogens (tertiary/aromatic N) is 2. The first-order chi connectivity index (χ1) is 7.27. The van der Waals surface area contributed by atoms with Gasteiger partial charge < -0.3 is 9.84 Å². The fourth-order valence-corrected chi connectivity index (χ4v) is 2.03. The van der Waals surface area contributed by atoms with Crippen LogP contribution in [0.25, 0.3) is 0 Å². The summed E-state index contributed by atoms with van der Waals surface area (Å²) in [6.45, 7) is 0.799. The van der Waals surface area contributed by atoms with E-state index in [-0.39, 0.29) is 12.2 Å². The molecule has 1 aromatic rings. The summed E-state index contributed by atoms with van der Waals surface area (Å²) in [5, 5.41) is 14.0. The molecule has 0 spiro atoms. The molecule has 84 valence electrons. The zero-order valence-electron chi connectivity index (χ0n) is 9.09. The molecule has 4 nitrogen and oxygen atoms in total. The summed E-state index contributed by atoms with van der Waals surface area (Å²) >= 11 is 0. The van der Waals surface area contributed by atoms with Crippen molar-refractivity contribution in [3.8, 4) is 0 Å². The van der Waals surface area contributed by atoms with Crippen LogP contribution in [0.15, 0.2) is 12.3 Å². The maximum absolute atomic E-state index is 9.88. The van der Waals surface area contributed by atoms with Crippen LogP contribution in [0.3, 0.4) is 0 Å². The highest BCUT2D eigenvalue weighted by Crippen LogP contribution is 2.18. The van der Waals surface area contributed by atoms with Crippen LogP contribution in [-0.4, -0.2) is 33.7 Å². The average molecular weight is 210 g/mol. The van der Waals surface area contributed by atoms with E-state index in [4.69, 9.17) is 4.74 Å². The third kappa shape index (κ3) is 2.58. The number of hydrogen-bond acceptors (Lipinski definition) is 3. The van der Waals surface area contributed by atoms with Crippen LogP contribution >= 0.6 is 0 Å². The molecule has 0 amide bonds. The van der Waals surface area contributed by atoms with Gasteiger partial charge in [0.2, 0.25) is 0 Å². The van der Waals surface area contributed by atoms with E-state index >= 15 is 0 Å². The fraction of sp³-hybridized carbons (Fsp3) is 0.727. The van der Waals surface area contributed by atoms with Crippen molar-refractivity contribution >= 4 is 0 Å². The van der Waals surface area contributed by atoms with Gasteiger partial charge in [-0.1, -0.05) is 0 Å². The van der Waals surface area contributed by atoms with Gasteiger partial charge in [-0.25, -0.2) is 0 Å². The monoisotopic (exact) mass is 210 g/mol. The number of ether oxygens (including phenoxy) is 1. The van der Waals surface area contributed by atoms with Crippen LogP contribution in [0.1, 0.15) is 25.0 Å². The second-order valence-electron chi connectivity index (χ2n) is 4.10. The quantitative estimate of drug-likeness (QED) is 0.803. The molecule has 2 unspecified atom stereocenters. The Morgan fingerprint density at radius 3 is 3.20 bits per heavy atom. The summed E-state index contributed by atoms with van der Waals surface area (Å²) in [5.74, 6) is 0. The first-order valence-corrected chi connectivity index (χ1v) is 5.54. The molecule has 0 bridgehead atoms. The van der Waals surface area contributed by atoms with Crippen molar-refractivity contribution < 1.29 is 9.84 Å². The number of aliphatic hydroxyl groups excluding tert-OH is 1. The molecule has 0 aliphatic carbocycles. The molecule has 2 rings (SSSR count). The minimum atomic E-state index is -0.331. The van der Waals surface area contributed by atoms with Gasteiger partial charge >= 0.3 is 0 Å². The molecular weight excluding hydrogens is 192 g/mol. The van der Waals surface area contributed by atoms with E-state index in [9.17, 15) is 5.11 Å². The summed E-state index contributed by atoms with van der Waals surface area (Å²) in [4.78, 5) is 0. The van der Waals surface area contributed by atoms with Crippen molar-refractivity contribution in [3.63, 3.8) is 0 Å². The summed E-state index contributed by atoms with van der Waals surface area (Å²) in [6, 6.07) is 1.99. The summed E-state index contributed by atoms with van der Waals surface area (Å²) < 4.78 is 7.29. The lowest BCUT2D eigenvalue weighted by molar-refractivity contribution is -0.00520. The third-order valence-corrected chi connectivity index (χ3v) is 3.01. The highest BCUT2D eigenvalue weighted by atomic mass is 16.5. The van der Waals surface area contributed by atoms with Gasteiger partial charge in [0.1, 0.15) is 0 Å². The second-order valence-corrected chi connectivity index (χ2v) is 4.10. The molecule has 0 radical (unpaired) electrons. The zero-order valence-corrected chi connectivity index (χ0v) is 9.09. The van der Waals surface area contributed by atoms with Crippen molar-refractivity contribution in [2.45, 2.75) is 37.9 Å². The normalized spacial score (nSPS) is 23.2. The van der Waals surface area contributed by atoms with Crippen LogP contribution in [-0.2, 0) is 18.2 Å². The molecule has 1 saturated heterocycles. The predicted octanol–water partition coefficient (Wildman–Crippen LogP) is 0.893. The predicted molar refractivity (Wildman–Crippen MR) is 56.5 cm³/mol. The minimum absolute atomic E-state index is 0.0539. The Kier molecular flexibility index (Phi) is 3.38. The molecule has 1 aliphatic heterocycles. The molecule has 0 aromatic carbocycles. The average Bonchev–Trinajstić information content (AvgIpc) is 2.85. The Hall–Kier alpha value is -0.870. The van der Waals surface area contributed by atoms with Gasteiger partial charge in [0.25, 0.3) is 0 Å². The van der Waals surface area contributed by atoms with E-state index < -0.39 is 0 Å². The van der Waals surface area contributed by atoms with Gasteiger partial charge in [0.15, 0.2) is 0 Å². The third-order valence-electron chi connectivity index (χ3n) is 3.01. The lowest BCUT2D eigenvalue weighted by atomic mass is 10.0. The highest BCUT2D eigenvalue weighted by molar-refractivity contribution is 5.00. The van der Waals surface area contributed by atoms with Gasteiger partial charge in [-0.15, -0.1) is 0 Å². The Bertz CT molecular complexity index is 305. The topological polar surface area (TPSA) is 47.3 Å². The van der Waals surface area contributed by atoms with Crippen molar-refractivity contribution in [1.29, 1.82) is 0 Å². The van der Waals surface area contributed by atoms with Crippen LogP contribution in [0, 0.1) is 0 Å². The van der Waals surface area contributed by atoms with E-state index in [2.05, 4.69) is 5.10 Å². The highest BCUT2D eigenvalue weighted by Gasteiger charge is 2.23. The maximum Gasteiger partial charge on any atom is 0.0834 e. The largest absolute Gasteiger partial charge is 0.390 e. The molecule has 4 heteroatoms. The summed E-state index contributed by atoms with van der Waals surface area (Å²) in [6.07, 6.45) is 5.19. The van der Waals surface area contributed by atoms with E-state index in [0.29, 0.717) is 0 Å². The molecule has 1 fully saturated rings. The Morgan fingerprint density at radius 1 is 1.73 bits per heavy atom. The molecule has 2 heterocycles. The first kappa shape index (κ1) is 10.6. The van der Waals surface area contributed by atoms with Crippen LogP contribution in [0.4, 0.5) is 0 Å². The van der Waals surface area contributed by atoms with E-state index in [1.165, 1.54) is 0 Å². The SMILES string of the molecule is Cn1nccc1CCC(O)C1CCCO1. The molecule has 2 atom stereocenters. The summed E-state index contributed by atoms with van der Waals surface area (Å²) in [7, 11) is 1.92. The Balaban J connectivity index is 1.80. The first-order valence-electron chi connectivity index (χ1n) is 5.54. The van der Waals surface area contributed by atoms with Crippen LogP contribution < -0.4 is 0 Å². The van der Waals surface area contributed by atoms with Crippen LogP contribution in [0.5, 0.6) is 0 Å². The van der Waals surface area contributed by atoms with Crippen molar-refractivity contribution in [1.82, 2.24) is 9.78 Å². The standard InChI is InChI=1S/C11H18N2O2/c1-13-9(6-7-12-13)4-5-10(14)11-3-2-8-15-11/h6-7,10-11,14H,2-5,8H2,1H3. The number of rotatable bonds is 4. The van der Waals surface area contributed by atoms with Gasteiger partial charge in [0.05, 0.1) is 12.2 Å². The molecule has 15 heavy (non-hydrogen) atoms. The van der Waals surface area contributed by atoms with E-state index in [1.54, 1.807) is 6.20 Å². The van der Waals surface area contributed by atoms with Crippen molar-refractivity contribution in [2.24, 2.45) is 7.05 Å². The molecule has 1 aliphatic rings. The van der Waals surface area contributed by atoms with Crippen molar-refractivity contribution in [3.05, 3.63) is 18.0 Å². The Morgan fingerprint density at radius 2 is 2.60 bits per heavy atom. The zero-order chi connectivity index (χ0) is 10.7. The smallest absolute Gasteiger partial charge is 0.0834 e. The minimum Gasteiger partial charge on any atom is -0.390 e. The number of aryl methyl sites for hydroxylation is 2. The molecular formula is C11H18N2O2. The van der Waals surface area contributed by atoms with E-state index in [1.807, 2.05) is 17.8 Å². The number of aliphatic hydroxyl groups is 1. The van der Waals surface area contributed by atoms with Crippen molar-refractivity contribution in [2.75, 3.05) is 6.61 Å². The van der Waals surface area contributed by atoms with Gasteiger partial charge in [-0.05, 0) is 31.7 Å². The summed E-state index contributed by atoms with van der Waals surface area (Å²) in [5.41, 5.74) is 1.16. The van der Waals surface area contributed by atoms with Crippen LogP contribution in [0.2, 0.25) is 0 Å². The fourth-order valence-electron chi connectivity index (χ4n) is 2.03. The maximum atomic E-state index is 9.88.